The van der Waals surface area contributed by atoms with E-state index in [-0.39, 0.29) is 5.57 Å². The number of benzene rings is 3. The minimum absolute atomic E-state index is 0.269. The van der Waals surface area contributed by atoms with Crippen LogP contribution in [0, 0.1) is 11.3 Å². The van der Waals surface area contributed by atoms with Crippen LogP contribution in [0.4, 0.5) is 17.1 Å². The fourth-order valence-electron chi connectivity index (χ4n) is 4.29. The van der Waals surface area contributed by atoms with Gasteiger partial charge in [-0.25, -0.2) is 4.79 Å². The molecule has 0 fully saturated rings. The van der Waals surface area contributed by atoms with E-state index in [1.165, 1.54) is 39.9 Å². The average molecular weight is 475 g/mol. The fourth-order valence-corrected chi connectivity index (χ4v) is 5.15. The molecule has 35 heavy (non-hydrogen) atoms. The molecule has 0 atom stereocenters. The van der Waals surface area contributed by atoms with Crippen molar-refractivity contribution in [2.24, 2.45) is 0 Å². The molecule has 4 aromatic rings. The van der Waals surface area contributed by atoms with Crippen LogP contribution in [-0.2, 0) is 17.6 Å². The molecule has 0 bridgehead atoms. The summed E-state index contributed by atoms with van der Waals surface area (Å²) in [5.74, 6) is -1.22. The normalized spacial score (nSPS) is 13.1. The van der Waals surface area contributed by atoms with Crippen LogP contribution in [0.15, 0.2) is 90.5 Å². The number of anilines is 3. The first-order chi connectivity index (χ1) is 17.1. The van der Waals surface area contributed by atoms with Crippen LogP contribution >= 0.6 is 11.3 Å². The number of aryl methyl sites for hydroxylation is 2. The van der Waals surface area contributed by atoms with Gasteiger partial charge in [0.15, 0.2) is 0 Å². The van der Waals surface area contributed by atoms with Crippen molar-refractivity contribution in [3.63, 3.8) is 0 Å². The Morgan fingerprint density at radius 3 is 2.03 bits per heavy atom. The first-order valence-corrected chi connectivity index (χ1v) is 12.1. The van der Waals surface area contributed by atoms with Gasteiger partial charge in [0.2, 0.25) is 0 Å². The maximum absolute atomic E-state index is 11.0. The Labute approximate surface area is 208 Å². The number of thiophene rings is 1. The lowest BCUT2D eigenvalue weighted by Gasteiger charge is -2.27. The summed E-state index contributed by atoms with van der Waals surface area (Å²) in [4.78, 5) is 15.1. The van der Waals surface area contributed by atoms with Gasteiger partial charge in [0.05, 0.1) is 0 Å². The first kappa shape index (κ1) is 22.4. The molecular weight excluding hydrogens is 452 g/mol. The summed E-state index contributed by atoms with van der Waals surface area (Å²) in [6.45, 7) is 0. The number of fused-ring (bicyclic) bond motifs is 2. The quantitative estimate of drug-likeness (QED) is 0.241. The number of hydrogen-bond acceptors (Lipinski definition) is 4. The Kier molecular flexibility index (Phi) is 6.30. The van der Waals surface area contributed by atoms with Crippen molar-refractivity contribution >= 4 is 52.6 Å². The molecule has 0 radical (unpaired) electrons. The maximum Gasteiger partial charge on any atom is 0.346 e. The molecule has 3 aromatic carbocycles. The topological polar surface area (TPSA) is 64.3 Å². The van der Waals surface area contributed by atoms with Crippen LogP contribution in [0.3, 0.4) is 0 Å². The van der Waals surface area contributed by atoms with E-state index in [1.807, 2.05) is 24.3 Å². The molecule has 0 aliphatic carbocycles. The smallest absolute Gasteiger partial charge is 0.346 e. The monoisotopic (exact) mass is 474 g/mol. The third-order valence-corrected chi connectivity index (χ3v) is 7.00. The number of carboxylic acids is 1. The molecule has 0 unspecified atom stereocenters. The molecule has 1 N–H and O–H groups in total. The Balaban J connectivity index is 1.41. The molecule has 0 spiro atoms. The Bertz CT molecular complexity index is 1440. The van der Waals surface area contributed by atoms with Crippen LogP contribution in [0.1, 0.15) is 26.4 Å². The second-order valence-electron chi connectivity index (χ2n) is 8.23. The number of aliphatic carboxylic acids is 1. The highest BCUT2D eigenvalue weighted by Gasteiger charge is 2.21. The van der Waals surface area contributed by atoms with Crippen molar-refractivity contribution in [1.82, 2.24) is 0 Å². The zero-order chi connectivity index (χ0) is 24.2. The Morgan fingerprint density at radius 1 is 0.829 bits per heavy atom. The van der Waals surface area contributed by atoms with Crippen molar-refractivity contribution in [3.8, 4) is 6.07 Å². The van der Waals surface area contributed by atoms with Gasteiger partial charge in [0.1, 0.15) is 11.6 Å². The molecule has 1 aliphatic heterocycles. The molecule has 0 saturated heterocycles. The molecular formula is C30H22N2O2S. The summed E-state index contributed by atoms with van der Waals surface area (Å²) >= 11 is 1.44. The lowest BCUT2D eigenvalue weighted by molar-refractivity contribution is -0.132. The van der Waals surface area contributed by atoms with Gasteiger partial charge in [-0.3, -0.25) is 0 Å². The van der Waals surface area contributed by atoms with Crippen molar-refractivity contribution in [1.29, 1.82) is 5.26 Å². The van der Waals surface area contributed by atoms with Crippen LogP contribution in [0.2, 0.25) is 0 Å². The van der Waals surface area contributed by atoms with Crippen molar-refractivity contribution in [2.45, 2.75) is 12.8 Å². The van der Waals surface area contributed by atoms with Gasteiger partial charge in [-0.05, 0) is 78.1 Å². The second kappa shape index (κ2) is 9.84. The number of nitrogens with zero attached hydrogens (tertiary/aromatic N) is 2. The zero-order valence-corrected chi connectivity index (χ0v) is 19.7. The van der Waals surface area contributed by atoms with Crippen LogP contribution in [-0.4, -0.2) is 11.1 Å². The van der Waals surface area contributed by atoms with Gasteiger partial charge < -0.3 is 10.0 Å². The SMILES string of the molecule is N#C/C(=C\c1ccc(/C=C/c2ccc(N3c4ccccc4CCc4ccccc43)cc2)s1)C(=O)O. The number of nitriles is 1. The molecule has 0 amide bonds. The van der Waals surface area contributed by atoms with E-state index in [0.717, 1.165) is 33.8 Å². The molecule has 1 aromatic heterocycles. The summed E-state index contributed by atoms with van der Waals surface area (Å²) in [6.07, 6.45) is 7.47. The van der Waals surface area contributed by atoms with E-state index >= 15 is 0 Å². The van der Waals surface area contributed by atoms with E-state index in [2.05, 4.69) is 77.7 Å². The third kappa shape index (κ3) is 4.79. The van der Waals surface area contributed by atoms with E-state index in [1.54, 1.807) is 6.07 Å². The summed E-state index contributed by atoms with van der Waals surface area (Å²) in [7, 11) is 0. The standard InChI is InChI=1S/C30H22N2O2S/c31-20-24(30(33)34)19-27-18-17-26(35-27)16-11-21-9-14-25(15-10-21)32-28-7-3-1-5-22(28)12-13-23-6-2-4-8-29(23)32/h1-11,14-19H,12-13H2,(H,33,34)/b16-11+,24-19+. The summed E-state index contributed by atoms with van der Waals surface area (Å²) < 4.78 is 0. The minimum Gasteiger partial charge on any atom is -0.477 e. The summed E-state index contributed by atoms with van der Waals surface area (Å²) in [5.41, 5.74) is 7.05. The van der Waals surface area contributed by atoms with Gasteiger partial charge in [-0.2, -0.15) is 5.26 Å². The van der Waals surface area contributed by atoms with E-state index in [9.17, 15) is 4.79 Å². The predicted molar refractivity (Wildman–Crippen MR) is 143 cm³/mol. The van der Waals surface area contributed by atoms with E-state index < -0.39 is 5.97 Å². The number of para-hydroxylation sites is 2. The van der Waals surface area contributed by atoms with Gasteiger partial charge >= 0.3 is 5.97 Å². The van der Waals surface area contributed by atoms with Crippen molar-refractivity contribution in [3.05, 3.63) is 117 Å². The highest BCUT2D eigenvalue weighted by Crippen LogP contribution is 2.41. The summed E-state index contributed by atoms with van der Waals surface area (Å²) in [6, 6.07) is 31.2. The van der Waals surface area contributed by atoms with E-state index in [0.29, 0.717) is 0 Å². The van der Waals surface area contributed by atoms with Crippen molar-refractivity contribution in [2.75, 3.05) is 4.90 Å². The van der Waals surface area contributed by atoms with Crippen molar-refractivity contribution < 1.29 is 9.90 Å². The number of carbonyl (C=O) groups is 1. The second-order valence-corrected chi connectivity index (χ2v) is 9.38. The Morgan fingerprint density at radius 2 is 1.43 bits per heavy atom. The van der Waals surface area contributed by atoms with Gasteiger partial charge in [0, 0.05) is 26.8 Å². The number of rotatable bonds is 5. The van der Waals surface area contributed by atoms with Crippen LogP contribution in [0.25, 0.3) is 18.2 Å². The lowest BCUT2D eigenvalue weighted by Crippen LogP contribution is -2.11. The molecule has 5 rings (SSSR count). The molecule has 5 heteroatoms. The molecule has 1 aliphatic rings. The summed E-state index contributed by atoms with van der Waals surface area (Å²) in [5, 5.41) is 18.0. The van der Waals surface area contributed by atoms with Gasteiger partial charge in [0.25, 0.3) is 0 Å². The predicted octanol–water partition coefficient (Wildman–Crippen LogP) is 7.48. The van der Waals surface area contributed by atoms with Gasteiger partial charge in [-0.15, -0.1) is 11.3 Å². The average Bonchev–Trinajstić information content (AvgIpc) is 3.27. The van der Waals surface area contributed by atoms with Crippen LogP contribution < -0.4 is 4.90 Å². The zero-order valence-electron chi connectivity index (χ0n) is 18.9. The molecule has 0 saturated carbocycles. The largest absolute Gasteiger partial charge is 0.477 e. The highest BCUT2D eigenvalue weighted by atomic mass is 32.1. The first-order valence-electron chi connectivity index (χ1n) is 11.3. The fraction of sp³-hybridized carbons (Fsp3) is 0.0667. The minimum atomic E-state index is -1.22. The molecule has 2 heterocycles. The number of carboxylic acid groups (broad SMARTS) is 1. The lowest BCUT2D eigenvalue weighted by atomic mass is 10.0. The Hall–Kier alpha value is -4.40. The maximum atomic E-state index is 11.0. The number of hydrogen-bond donors (Lipinski definition) is 1. The third-order valence-electron chi connectivity index (χ3n) is 6.01. The van der Waals surface area contributed by atoms with Gasteiger partial charge in [-0.1, -0.05) is 54.6 Å². The highest BCUT2D eigenvalue weighted by molar-refractivity contribution is 7.13. The van der Waals surface area contributed by atoms with Crippen LogP contribution in [0.5, 0.6) is 0 Å². The molecule has 170 valence electrons. The van der Waals surface area contributed by atoms with E-state index in [4.69, 9.17) is 10.4 Å². The molecule has 4 nitrogen and oxygen atoms in total.